The Bertz CT molecular complexity index is 325. The van der Waals surface area contributed by atoms with Gasteiger partial charge in [-0.05, 0) is 19.9 Å². The lowest BCUT2D eigenvalue weighted by Gasteiger charge is -1.97. The first-order valence-corrected chi connectivity index (χ1v) is 5.23. The Hall–Kier alpha value is -1.01. The Labute approximate surface area is 83.2 Å². The Morgan fingerprint density at radius 2 is 2.31 bits per heavy atom. The molecule has 0 saturated carbocycles. The van der Waals surface area contributed by atoms with Crippen LogP contribution in [0.2, 0.25) is 0 Å². The van der Waals surface area contributed by atoms with Gasteiger partial charge in [-0.2, -0.15) is 0 Å². The number of aryl methyl sites for hydroxylation is 1. The topological polar surface area (TPSA) is 25.8 Å². The van der Waals surface area contributed by atoms with Crippen LogP contribution >= 0.6 is 11.8 Å². The summed E-state index contributed by atoms with van der Waals surface area (Å²) in [6.07, 6.45) is 1.61. The molecule has 1 heterocycles. The van der Waals surface area contributed by atoms with Gasteiger partial charge in [-0.3, -0.25) is 0 Å². The molecular formula is C10H12N2S. The van der Waals surface area contributed by atoms with E-state index in [0.717, 1.165) is 22.9 Å². The fraction of sp³-hybridized carbons (Fsp3) is 0.400. The molecule has 3 heteroatoms. The third-order valence-electron chi connectivity index (χ3n) is 1.46. The quantitative estimate of drug-likeness (QED) is 0.541. The largest absolute Gasteiger partial charge is 0.242 e. The van der Waals surface area contributed by atoms with Gasteiger partial charge in [-0.25, -0.2) is 9.97 Å². The first-order chi connectivity index (χ1) is 6.33. The number of hydrogen-bond acceptors (Lipinski definition) is 3. The van der Waals surface area contributed by atoms with Crippen LogP contribution in [0.5, 0.6) is 0 Å². The average molecular weight is 192 g/mol. The molecule has 13 heavy (non-hydrogen) atoms. The van der Waals surface area contributed by atoms with Gasteiger partial charge in [-0.15, -0.1) is 17.7 Å². The van der Waals surface area contributed by atoms with Crippen molar-refractivity contribution in [2.24, 2.45) is 0 Å². The van der Waals surface area contributed by atoms with Crippen molar-refractivity contribution in [2.45, 2.75) is 19.6 Å². The third kappa shape index (κ3) is 3.95. The molecule has 0 aliphatic carbocycles. The van der Waals surface area contributed by atoms with E-state index in [9.17, 15) is 0 Å². The molecule has 0 fully saturated rings. The van der Waals surface area contributed by atoms with Gasteiger partial charge in [0.1, 0.15) is 6.33 Å². The lowest BCUT2D eigenvalue weighted by molar-refractivity contribution is 1.04. The lowest BCUT2D eigenvalue weighted by atomic mass is 10.4. The van der Waals surface area contributed by atoms with Gasteiger partial charge in [0, 0.05) is 11.4 Å². The highest BCUT2D eigenvalue weighted by Crippen LogP contribution is 2.08. The molecule has 0 amide bonds. The maximum atomic E-state index is 4.16. The smallest absolute Gasteiger partial charge is 0.115 e. The molecule has 0 bridgehead atoms. The van der Waals surface area contributed by atoms with Crippen molar-refractivity contribution < 1.29 is 0 Å². The molecule has 1 rings (SSSR count). The Balaban J connectivity index is 2.39. The second kappa shape index (κ2) is 5.60. The molecular weight excluding hydrogens is 180 g/mol. The first-order valence-electron chi connectivity index (χ1n) is 4.08. The Morgan fingerprint density at radius 3 is 3.00 bits per heavy atom. The summed E-state index contributed by atoms with van der Waals surface area (Å²) >= 11 is 1.78. The van der Waals surface area contributed by atoms with Gasteiger partial charge < -0.3 is 0 Å². The summed E-state index contributed by atoms with van der Waals surface area (Å²) < 4.78 is 0. The maximum absolute atomic E-state index is 4.16. The van der Waals surface area contributed by atoms with Crippen LogP contribution in [-0.2, 0) is 5.75 Å². The van der Waals surface area contributed by atoms with E-state index in [-0.39, 0.29) is 0 Å². The standard InChI is InChI=1S/C10H12N2S/c1-3-4-5-13-7-10-6-9(2)11-8-12-10/h6,8H,5,7H2,1-2H3. The molecule has 1 aromatic heterocycles. The number of nitrogens with zero attached hydrogens (tertiary/aromatic N) is 2. The highest BCUT2D eigenvalue weighted by molar-refractivity contribution is 7.98. The van der Waals surface area contributed by atoms with Crippen molar-refractivity contribution in [3.63, 3.8) is 0 Å². The molecule has 1 aromatic rings. The van der Waals surface area contributed by atoms with Gasteiger partial charge in [0.25, 0.3) is 0 Å². The average Bonchev–Trinajstić information content (AvgIpc) is 2.13. The van der Waals surface area contributed by atoms with Crippen LogP contribution in [0, 0.1) is 18.8 Å². The normalized spacial score (nSPS) is 9.08. The zero-order valence-corrected chi connectivity index (χ0v) is 8.69. The van der Waals surface area contributed by atoms with E-state index >= 15 is 0 Å². The highest BCUT2D eigenvalue weighted by Gasteiger charge is 1.94. The van der Waals surface area contributed by atoms with E-state index in [1.165, 1.54) is 0 Å². The van der Waals surface area contributed by atoms with E-state index < -0.39 is 0 Å². The van der Waals surface area contributed by atoms with Crippen LogP contribution < -0.4 is 0 Å². The summed E-state index contributed by atoms with van der Waals surface area (Å²) in [6.45, 7) is 3.83. The fourth-order valence-electron chi connectivity index (χ4n) is 0.867. The van der Waals surface area contributed by atoms with E-state index in [4.69, 9.17) is 0 Å². The van der Waals surface area contributed by atoms with Gasteiger partial charge >= 0.3 is 0 Å². The summed E-state index contributed by atoms with van der Waals surface area (Å²) in [5.74, 6) is 7.65. The van der Waals surface area contributed by atoms with Gasteiger partial charge in [0.2, 0.25) is 0 Å². The van der Waals surface area contributed by atoms with Crippen LogP contribution in [0.1, 0.15) is 18.3 Å². The second-order valence-corrected chi connectivity index (χ2v) is 3.56. The van der Waals surface area contributed by atoms with Crippen molar-refractivity contribution >= 4 is 11.8 Å². The maximum Gasteiger partial charge on any atom is 0.115 e. The molecule has 2 nitrogen and oxygen atoms in total. The summed E-state index contributed by atoms with van der Waals surface area (Å²) in [5.41, 5.74) is 2.10. The zero-order chi connectivity index (χ0) is 9.52. The molecule has 0 spiro atoms. The van der Waals surface area contributed by atoms with Gasteiger partial charge in [-0.1, -0.05) is 5.92 Å². The first kappa shape index (κ1) is 10.1. The number of rotatable bonds is 3. The number of aromatic nitrogens is 2. The van der Waals surface area contributed by atoms with Crippen molar-refractivity contribution in [3.05, 3.63) is 23.8 Å². The molecule has 0 radical (unpaired) electrons. The van der Waals surface area contributed by atoms with E-state index in [0.29, 0.717) is 0 Å². The summed E-state index contributed by atoms with van der Waals surface area (Å²) in [7, 11) is 0. The predicted octanol–water partition coefficient (Wildman–Crippen LogP) is 2.04. The van der Waals surface area contributed by atoms with E-state index in [2.05, 4.69) is 21.8 Å². The summed E-state index contributed by atoms with van der Waals surface area (Å²) in [5, 5.41) is 0. The van der Waals surface area contributed by atoms with Crippen molar-refractivity contribution in [2.75, 3.05) is 5.75 Å². The SMILES string of the molecule is CC#CCSCc1cc(C)ncn1. The fourth-order valence-corrected chi connectivity index (χ4v) is 1.58. The molecule has 0 saturated heterocycles. The van der Waals surface area contributed by atoms with Gasteiger partial charge in [0.15, 0.2) is 0 Å². The van der Waals surface area contributed by atoms with Gasteiger partial charge in [0.05, 0.1) is 11.4 Å². The minimum Gasteiger partial charge on any atom is -0.242 e. The molecule has 0 aliphatic rings. The Kier molecular flexibility index (Phi) is 4.34. The van der Waals surface area contributed by atoms with Crippen LogP contribution in [0.15, 0.2) is 12.4 Å². The predicted molar refractivity (Wildman–Crippen MR) is 56.4 cm³/mol. The monoisotopic (exact) mass is 192 g/mol. The van der Waals surface area contributed by atoms with Crippen LogP contribution in [0.3, 0.4) is 0 Å². The minimum absolute atomic E-state index is 0.875. The number of thioether (sulfide) groups is 1. The zero-order valence-electron chi connectivity index (χ0n) is 7.87. The molecule has 0 aliphatic heterocycles. The Morgan fingerprint density at radius 1 is 1.46 bits per heavy atom. The molecule has 68 valence electrons. The van der Waals surface area contributed by atoms with Crippen molar-refractivity contribution in [1.29, 1.82) is 0 Å². The van der Waals surface area contributed by atoms with E-state index in [1.807, 2.05) is 19.9 Å². The minimum atomic E-state index is 0.875. The molecule has 0 unspecified atom stereocenters. The highest BCUT2D eigenvalue weighted by atomic mass is 32.2. The summed E-state index contributed by atoms with van der Waals surface area (Å²) in [4.78, 5) is 8.19. The number of hydrogen-bond donors (Lipinski definition) is 0. The third-order valence-corrected chi connectivity index (χ3v) is 2.31. The molecule has 0 aromatic carbocycles. The van der Waals surface area contributed by atoms with Crippen molar-refractivity contribution in [1.82, 2.24) is 9.97 Å². The van der Waals surface area contributed by atoms with Crippen LogP contribution in [-0.4, -0.2) is 15.7 Å². The molecule has 0 N–H and O–H groups in total. The van der Waals surface area contributed by atoms with E-state index in [1.54, 1.807) is 18.1 Å². The van der Waals surface area contributed by atoms with Crippen LogP contribution in [0.4, 0.5) is 0 Å². The lowest BCUT2D eigenvalue weighted by Crippen LogP contribution is -1.90. The van der Waals surface area contributed by atoms with Crippen LogP contribution in [0.25, 0.3) is 0 Å². The summed E-state index contributed by atoms with van der Waals surface area (Å²) in [6, 6.07) is 2.01. The van der Waals surface area contributed by atoms with Crippen molar-refractivity contribution in [3.8, 4) is 11.8 Å². The second-order valence-electron chi connectivity index (χ2n) is 2.57. The molecule has 0 atom stereocenters.